The summed E-state index contributed by atoms with van der Waals surface area (Å²) in [5.41, 5.74) is 2.33. The molecule has 0 fully saturated rings. The lowest BCUT2D eigenvalue weighted by Crippen LogP contribution is -2.24. The Bertz CT molecular complexity index is 886. The number of rotatable bonds is 8. The van der Waals surface area contributed by atoms with E-state index in [-0.39, 0.29) is 5.91 Å². The van der Waals surface area contributed by atoms with Crippen LogP contribution in [0, 0.1) is 0 Å². The minimum absolute atomic E-state index is 0.256. The molecule has 0 aliphatic rings. The number of hydrogen-bond donors (Lipinski definition) is 2. The summed E-state index contributed by atoms with van der Waals surface area (Å²) in [6.07, 6.45) is 5.73. The maximum atomic E-state index is 12.3. The molecule has 0 unspecified atom stereocenters. The number of para-hydroxylation sites is 1. The minimum Gasteiger partial charge on any atom is -0.496 e. The second kappa shape index (κ2) is 9.28. The topological polar surface area (TPSA) is 89.0 Å². The predicted octanol–water partition coefficient (Wildman–Crippen LogP) is 2.46. The molecule has 138 valence electrons. The third-order valence-corrected chi connectivity index (χ3v) is 3.93. The number of hydrogen-bond acceptors (Lipinski definition) is 6. The van der Waals surface area contributed by atoms with Crippen LogP contribution in [0.2, 0.25) is 0 Å². The van der Waals surface area contributed by atoms with Crippen molar-refractivity contribution in [1.82, 2.24) is 20.3 Å². The van der Waals surface area contributed by atoms with E-state index in [9.17, 15) is 4.79 Å². The first-order valence-corrected chi connectivity index (χ1v) is 8.62. The number of nitrogens with zero attached hydrogens (tertiary/aromatic N) is 3. The van der Waals surface area contributed by atoms with Crippen LogP contribution in [-0.4, -0.2) is 34.5 Å². The molecule has 0 saturated carbocycles. The average Bonchev–Trinajstić information content (AvgIpc) is 2.73. The Morgan fingerprint density at radius 1 is 1.11 bits per heavy atom. The van der Waals surface area contributed by atoms with Gasteiger partial charge in [0.25, 0.3) is 5.91 Å². The number of methoxy groups -OCH3 is 1. The molecule has 2 heterocycles. The van der Waals surface area contributed by atoms with Gasteiger partial charge in [-0.15, -0.1) is 0 Å². The molecule has 7 heteroatoms. The Morgan fingerprint density at radius 3 is 2.81 bits per heavy atom. The number of ether oxygens (including phenoxy) is 1. The van der Waals surface area contributed by atoms with Crippen LogP contribution < -0.4 is 15.4 Å². The number of pyridine rings is 1. The molecule has 0 spiro atoms. The highest BCUT2D eigenvalue weighted by Gasteiger charge is 2.09. The van der Waals surface area contributed by atoms with Crippen LogP contribution in [0.3, 0.4) is 0 Å². The molecule has 2 aromatic heterocycles. The van der Waals surface area contributed by atoms with Crippen LogP contribution in [-0.2, 0) is 13.0 Å². The van der Waals surface area contributed by atoms with E-state index in [4.69, 9.17) is 4.74 Å². The molecule has 7 nitrogen and oxygen atoms in total. The summed E-state index contributed by atoms with van der Waals surface area (Å²) >= 11 is 0. The van der Waals surface area contributed by atoms with Crippen molar-refractivity contribution in [3.8, 4) is 5.75 Å². The third-order valence-electron chi connectivity index (χ3n) is 3.93. The van der Waals surface area contributed by atoms with Gasteiger partial charge >= 0.3 is 0 Å². The van der Waals surface area contributed by atoms with Crippen LogP contribution in [0.25, 0.3) is 0 Å². The number of amides is 1. The van der Waals surface area contributed by atoms with E-state index in [1.807, 2.05) is 36.4 Å². The number of carbonyl (C=O) groups excluding carboxylic acids is 1. The molecule has 0 bridgehead atoms. The second-order valence-electron chi connectivity index (χ2n) is 5.80. The lowest BCUT2D eigenvalue weighted by Gasteiger charge is -2.09. The van der Waals surface area contributed by atoms with Crippen molar-refractivity contribution in [1.29, 1.82) is 0 Å². The highest BCUT2D eigenvalue weighted by Crippen LogP contribution is 2.17. The molecule has 0 aliphatic carbocycles. The predicted molar refractivity (Wildman–Crippen MR) is 103 cm³/mol. The van der Waals surface area contributed by atoms with Gasteiger partial charge in [0, 0.05) is 31.7 Å². The molecule has 1 amide bonds. The summed E-state index contributed by atoms with van der Waals surface area (Å²) in [6.45, 7) is 1.02. The van der Waals surface area contributed by atoms with Gasteiger partial charge in [-0.25, -0.2) is 9.97 Å². The van der Waals surface area contributed by atoms with Gasteiger partial charge in [0.15, 0.2) is 0 Å². The van der Waals surface area contributed by atoms with Gasteiger partial charge in [0.2, 0.25) is 5.95 Å². The van der Waals surface area contributed by atoms with Crippen molar-refractivity contribution in [2.45, 2.75) is 13.0 Å². The second-order valence-corrected chi connectivity index (χ2v) is 5.80. The first-order chi connectivity index (χ1) is 13.3. The number of nitrogens with one attached hydrogen (secondary N) is 2. The molecular formula is C20H21N5O2. The van der Waals surface area contributed by atoms with Crippen molar-refractivity contribution >= 4 is 11.9 Å². The van der Waals surface area contributed by atoms with Gasteiger partial charge < -0.3 is 15.4 Å². The van der Waals surface area contributed by atoms with Gasteiger partial charge in [-0.1, -0.05) is 24.3 Å². The zero-order chi connectivity index (χ0) is 18.9. The quantitative estimate of drug-likeness (QED) is 0.639. The lowest BCUT2D eigenvalue weighted by molar-refractivity contribution is 0.0946. The molecule has 3 rings (SSSR count). The standard InChI is InChI=1S/C20H21N5O2/c1-27-18-7-3-2-6-16(18)8-11-22-20-23-12-9-17(25-20)19(26)24-14-15-5-4-10-21-13-15/h2-7,9-10,12-13H,8,11,14H2,1H3,(H,24,26)(H,22,23,25). The lowest BCUT2D eigenvalue weighted by atomic mass is 10.1. The van der Waals surface area contributed by atoms with E-state index < -0.39 is 0 Å². The van der Waals surface area contributed by atoms with Crippen LogP contribution in [0.1, 0.15) is 21.6 Å². The van der Waals surface area contributed by atoms with Gasteiger partial charge in [-0.2, -0.15) is 0 Å². The fraction of sp³-hybridized carbons (Fsp3) is 0.200. The van der Waals surface area contributed by atoms with Crippen LogP contribution in [0.4, 0.5) is 5.95 Å². The SMILES string of the molecule is COc1ccccc1CCNc1nccc(C(=O)NCc2cccnc2)n1. The Kier molecular flexibility index (Phi) is 6.30. The van der Waals surface area contributed by atoms with Crippen LogP contribution >= 0.6 is 0 Å². The van der Waals surface area contributed by atoms with Crippen LogP contribution in [0.5, 0.6) is 5.75 Å². The molecule has 2 N–H and O–H groups in total. The van der Waals surface area contributed by atoms with E-state index in [1.165, 1.54) is 0 Å². The van der Waals surface area contributed by atoms with E-state index in [1.54, 1.807) is 31.8 Å². The molecule has 3 aromatic rings. The Balaban J connectivity index is 1.54. The first kappa shape index (κ1) is 18.3. The Labute approximate surface area is 157 Å². The molecule has 0 radical (unpaired) electrons. The normalized spacial score (nSPS) is 10.3. The summed E-state index contributed by atoms with van der Waals surface area (Å²) < 4.78 is 5.35. The Morgan fingerprint density at radius 2 is 2.00 bits per heavy atom. The van der Waals surface area contributed by atoms with E-state index in [0.29, 0.717) is 24.7 Å². The molecule has 0 aliphatic heterocycles. The zero-order valence-corrected chi connectivity index (χ0v) is 15.1. The number of aromatic nitrogens is 3. The summed E-state index contributed by atoms with van der Waals surface area (Å²) in [7, 11) is 1.66. The van der Waals surface area contributed by atoms with Crippen molar-refractivity contribution < 1.29 is 9.53 Å². The molecule has 0 saturated heterocycles. The van der Waals surface area contributed by atoms with Crippen molar-refractivity contribution in [3.63, 3.8) is 0 Å². The minimum atomic E-state index is -0.256. The summed E-state index contributed by atoms with van der Waals surface area (Å²) in [4.78, 5) is 24.8. The smallest absolute Gasteiger partial charge is 0.270 e. The Hall–Kier alpha value is -3.48. The van der Waals surface area contributed by atoms with Gasteiger partial charge in [-0.3, -0.25) is 9.78 Å². The summed E-state index contributed by atoms with van der Waals surface area (Å²) in [5, 5.41) is 5.97. The molecule has 1 aromatic carbocycles. The maximum Gasteiger partial charge on any atom is 0.270 e. The highest BCUT2D eigenvalue weighted by molar-refractivity contribution is 5.92. The first-order valence-electron chi connectivity index (χ1n) is 8.62. The van der Waals surface area contributed by atoms with E-state index in [0.717, 1.165) is 23.3 Å². The van der Waals surface area contributed by atoms with Crippen molar-refractivity contribution in [2.24, 2.45) is 0 Å². The third kappa shape index (κ3) is 5.24. The zero-order valence-electron chi connectivity index (χ0n) is 15.1. The van der Waals surface area contributed by atoms with E-state index in [2.05, 4.69) is 25.6 Å². The summed E-state index contributed by atoms with van der Waals surface area (Å²) in [6, 6.07) is 13.2. The van der Waals surface area contributed by atoms with Gasteiger partial charge in [0.05, 0.1) is 7.11 Å². The van der Waals surface area contributed by atoms with Crippen molar-refractivity contribution in [2.75, 3.05) is 19.0 Å². The molecule has 27 heavy (non-hydrogen) atoms. The van der Waals surface area contributed by atoms with Gasteiger partial charge in [-0.05, 0) is 35.7 Å². The monoisotopic (exact) mass is 363 g/mol. The van der Waals surface area contributed by atoms with Gasteiger partial charge in [0.1, 0.15) is 11.4 Å². The maximum absolute atomic E-state index is 12.3. The van der Waals surface area contributed by atoms with Crippen LogP contribution in [0.15, 0.2) is 61.1 Å². The highest BCUT2D eigenvalue weighted by atomic mass is 16.5. The molecular weight excluding hydrogens is 342 g/mol. The summed E-state index contributed by atoms with van der Waals surface area (Å²) in [5.74, 6) is 1.01. The number of benzene rings is 1. The fourth-order valence-electron chi connectivity index (χ4n) is 2.56. The number of anilines is 1. The fourth-order valence-corrected chi connectivity index (χ4v) is 2.56. The number of carbonyl (C=O) groups is 1. The van der Waals surface area contributed by atoms with E-state index >= 15 is 0 Å². The van der Waals surface area contributed by atoms with Crippen molar-refractivity contribution in [3.05, 3.63) is 77.9 Å². The largest absolute Gasteiger partial charge is 0.496 e. The molecule has 0 atom stereocenters. The average molecular weight is 363 g/mol.